The molecule has 1 aromatic heterocycles. The van der Waals surface area contributed by atoms with E-state index >= 15 is 0 Å². The second-order valence-electron chi connectivity index (χ2n) is 9.41. The van der Waals surface area contributed by atoms with E-state index in [2.05, 4.69) is 6.07 Å². The number of aryl methyl sites for hydroxylation is 1. The fourth-order valence-electron chi connectivity index (χ4n) is 4.85. The van der Waals surface area contributed by atoms with E-state index in [9.17, 15) is 13.2 Å². The highest BCUT2D eigenvalue weighted by Gasteiger charge is 2.36. The first-order chi connectivity index (χ1) is 17.3. The van der Waals surface area contributed by atoms with Crippen LogP contribution in [0, 0.1) is 12.8 Å². The van der Waals surface area contributed by atoms with Gasteiger partial charge >= 0.3 is 0 Å². The number of aromatic nitrogens is 1. The summed E-state index contributed by atoms with van der Waals surface area (Å²) in [5, 5.41) is 0.694. The molecular formula is C26H31N3O4S3. The Labute approximate surface area is 220 Å². The van der Waals surface area contributed by atoms with E-state index in [1.165, 1.54) is 15.6 Å². The van der Waals surface area contributed by atoms with Gasteiger partial charge < -0.3 is 4.74 Å². The van der Waals surface area contributed by atoms with Gasteiger partial charge in [0, 0.05) is 30.5 Å². The number of thioether (sulfide) groups is 1. The van der Waals surface area contributed by atoms with Gasteiger partial charge in [-0.1, -0.05) is 17.4 Å². The first-order valence-electron chi connectivity index (χ1n) is 12.3. The standard InChI is InChI=1S/C26H31N3O4S3/c1-18-5-10-23-24(16-18)35-26(27-23)29(17-20-4-3-15-33-20)25(30)19-11-13-28(14-12-19)36(31,32)22-8-6-21(34-2)7-9-22/h5-10,16,19-20H,3-4,11-15,17H2,1-2H3. The lowest BCUT2D eigenvalue weighted by atomic mass is 9.96. The van der Waals surface area contributed by atoms with Crippen LogP contribution in [-0.4, -0.2) is 62.2 Å². The number of piperidine rings is 1. The van der Waals surface area contributed by atoms with E-state index < -0.39 is 10.0 Å². The molecule has 3 aromatic rings. The smallest absolute Gasteiger partial charge is 0.243 e. The molecule has 0 aliphatic carbocycles. The van der Waals surface area contributed by atoms with Crippen molar-refractivity contribution >= 4 is 54.4 Å². The minimum Gasteiger partial charge on any atom is -0.376 e. The van der Waals surface area contributed by atoms with Crippen molar-refractivity contribution in [2.75, 3.05) is 37.4 Å². The molecule has 3 heterocycles. The van der Waals surface area contributed by atoms with E-state index in [1.54, 1.807) is 28.8 Å². The van der Waals surface area contributed by atoms with Crippen LogP contribution in [0.25, 0.3) is 10.2 Å². The Hall–Kier alpha value is -1.98. The van der Waals surface area contributed by atoms with Crippen molar-refractivity contribution in [2.45, 2.75) is 48.5 Å². The first-order valence-corrected chi connectivity index (χ1v) is 15.8. The van der Waals surface area contributed by atoms with E-state index in [1.807, 2.05) is 37.4 Å². The summed E-state index contributed by atoms with van der Waals surface area (Å²) >= 11 is 3.11. The largest absolute Gasteiger partial charge is 0.376 e. The Morgan fingerprint density at radius 1 is 1.17 bits per heavy atom. The lowest BCUT2D eigenvalue weighted by Crippen LogP contribution is -2.46. The van der Waals surface area contributed by atoms with Crippen LogP contribution in [-0.2, 0) is 19.6 Å². The molecule has 1 unspecified atom stereocenters. The molecule has 2 saturated heterocycles. The molecule has 1 amide bonds. The molecule has 2 aliphatic heterocycles. The van der Waals surface area contributed by atoms with Gasteiger partial charge in [0.15, 0.2) is 5.13 Å². The van der Waals surface area contributed by atoms with Crippen molar-refractivity contribution in [3.63, 3.8) is 0 Å². The predicted octanol–water partition coefficient (Wildman–Crippen LogP) is 4.94. The maximum absolute atomic E-state index is 13.8. The van der Waals surface area contributed by atoms with Gasteiger partial charge in [-0.05, 0) is 80.8 Å². The number of carbonyl (C=O) groups excluding carboxylic acids is 1. The Morgan fingerprint density at radius 3 is 2.58 bits per heavy atom. The SMILES string of the molecule is CSc1ccc(S(=O)(=O)N2CCC(C(=O)N(CC3CCCO3)c3nc4ccc(C)cc4s3)CC2)cc1. The highest BCUT2D eigenvalue weighted by atomic mass is 32.2. The van der Waals surface area contributed by atoms with Crippen LogP contribution in [0.15, 0.2) is 52.3 Å². The first kappa shape index (κ1) is 25.7. The Balaban J connectivity index is 1.32. The van der Waals surface area contributed by atoms with Crippen molar-refractivity contribution in [3.05, 3.63) is 48.0 Å². The minimum absolute atomic E-state index is 0.00687. The average molecular weight is 546 g/mol. The molecule has 0 bridgehead atoms. The van der Waals surface area contributed by atoms with Crippen LogP contribution < -0.4 is 4.90 Å². The van der Waals surface area contributed by atoms with Crippen molar-refractivity contribution in [1.82, 2.24) is 9.29 Å². The molecule has 0 saturated carbocycles. The molecule has 5 rings (SSSR count). The van der Waals surface area contributed by atoms with Gasteiger partial charge in [0.25, 0.3) is 0 Å². The zero-order valence-electron chi connectivity index (χ0n) is 20.6. The summed E-state index contributed by atoms with van der Waals surface area (Å²) in [5.41, 5.74) is 2.05. The summed E-state index contributed by atoms with van der Waals surface area (Å²) in [4.78, 5) is 21.7. The van der Waals surface area contributed by atoms with Gasteiger partial charge in [0.2, 0.25) is 15.9 Å². The summed E-state index contributed by atoms with van der Waals surface area (Å²) in [6.45, 7) is 3.91. The lowest BCUT2D eigenvalue weighted by Gasteiger charge is -2.33. The summed E-state index contributed by atoms with van der Waals surface area (Å²) in [6.07, 6.45) is 4.88. The number of hydrogen-bond donors (Lipinski definition) is 0. The molecule has 0 radical (unpaired) electrons. The number of ether oxygens (including phenoxy) is 1. The summed E-state index contributed by atoms with van der Waals surface area (Å²) in [6, 6.07) is 13.1. The van der Waals surface area contributed by atoms with Crippen LogP contribution in [0.4, 0.5) is 5.13 Å². The lowest BCUT2D eigenvalue weighted by molar-refractivity contribution is -0.123. The van der Waals surface area contributed by atoms with Gasteiger partial charge in [-0.15, -0.1) is 11.8 Å². The summed E-state index contributed by atoms with van der Waals surface area (Å²) in [7, 11) is -3.58. The van der Waals surface area contributed by atoms with Gasteiger partial charge in [0.05, 0.1) is 27.8 Å². The summed E-state index contributed by atoms with van der Waals surface area (Å²) in [5.74, 6) is -0.229. The van der Waals surface area contributed by atoms with Gasteiger partial charge in [-0.2, -0.15) is 4.31 Å². The number of hydrogen-bond acceptors (Lipinski definition) is 7. The molecule has 7 nitrogen and oxygen atoms in total. The normalized spacial score (nSPS) is 19.7. The number of benzene rings is 2. The molecule has 2 aromatic carbocycles. The fourth-order valence-corrected chi connectivity index (χ4v) is 7.81. The highest BCUT2D eigenvalue weighted by Crippen LogP contribution is 2.33. The molecule has 192 valence electrons. The second-order valence-corrected chi connectivity index (χ2v) is 13.2. The van der Waals surface area contributed by atoms with Crippen LogP contribution in [0.2, 0.25) is 0 Å². The Kier molecular flexibility index (Phi) is 7.69. The monoisotopic (exact) mass is 545 g/mol. The van der Waals surface area contributed by atoms with Crippen molar-refractivity contribution in [1.29, 1.82) is 0 Å². The van der Waals surface area contributed by atoms with Gasteiger partial charge in [-0.25, -0.2) is 13.4 Å². The van der Waals surface area contributed by atoms with Crippen molar-refractivity contribution < 1.29 is 17.9 Å². The third-order valence-electron chi connectivity index (χ3n) is 6.94. The number of fused-ring (bicyclic) bond motifs is 1. The predicted molar refractivity (Wildman–Crippen MR) is 145 cm³/mol. The molecule has 0 N–H and O–H groups in total. The van der Waals surface area contributed by atoms with E-state index in [0.29, 0.717) is 42.5 Å². The Bertz CT molecular complexity index is 1330. The van der Waals surface area contributed by atoms with Gasteiger partial charge in [-0.3, -0.25) is 9.69 Å². The number of sulfonamides is 1. The minimum atomic E-state index is -3.58. The number of anilines is 1. The number of carbonyl (C=O) groups is 1. The number of rotatable bonds is 7. The number of nitrogens with zero attached hydrogens (tertiary/aromatic N) is 3. The third-order valence-corrected chi connectivity index (χ3v) is 10.6. The molecule has 10 heteroatoms. The number of thiazole rings is 1. The van der Waals surface area contributed by atoms with E-state index in [0.717, 1.165) is 40.1 Å². The molecule has 2 fully saturated rings. The van der Waals surface area contributed by atoms with E-state index in [4.69, 9.17) is 9.72 Å². The second kappa shape index (κ2) is 10.8. The molecule has 2 aliphatic rings. The van der Waals surface area contributed by atoms with Crippen LogP contribution in [0.5, 0.6) is 0 Å². The Morgan fingerprint density at radius 2 is 1.92 bits per heavy atom. The zero-order valence-corrected chi connectivity index (χ0v) is 23.0. The fraction of sp³-hybridized carbons (Fsp3) is 0.462. The summed E-state index contributed by atoms with van der Waals surface area (Å²) < 4.78 is 34.8. The maximum atomic E-state index is 13.8. The topological polar surface area (TPSA) is 79.8 Å². The zero-order chi connectivity index (χ0) is 25.3. The average Bonchev–Trinajstić information content (AvgIpc) is 3.56. The van der Waals surface area contributed by atoms with Crippen LogP contribution in [0.1, 0.15) is 31.2 Å². The number of amides is 1. The van der Waals surface area contributed by atoms with Crippen LogP contribution in [0.3, 0.4) is 0 Å². The molecule has 1 atom stereocenters. The van der Waals surface area contributed by atoms with Crippen molar-refractivity contribution in [2.24, 2.45) is 5.92 Å². The molecule has 0 spiro atoms. The van der Waals surface area contributed by atoms with Crippen LogP contribution >= 0.6 is 23.1 Å². The quantitative estimate of drug-likeness (QED) is 0.392. The van der Waals surface area contributed by atoms with E-state index in [-0.39, 0.29) is 17.9 Å². The molecule has 36 heavy (non-hydrogen) atoms. The van der Waals surface area contributed by atoms with Gasteiger partial charge in [0.1, 0.15) is 0 Å². The molecular weight excluding hydrogens is 515 g/mol. The maximum Gasteiger partial charge on any atom is 0.243 e. The third kappa shape index (κ3) is 5.33. The van der Waals surface area contributed by atoms with Crippen molar-refractivity contribution in [3.8, 4) is 0 Å². The highest BCUT2D eigenvalue weighted by molar-refractivity contribution is 7.98.